The lowest BCUT2D eigenvalue weighted by Crippen LogP contribution is -2.43. The molecule has 0 radical (unpaired) electrons. The van der Waals surface area contributed by atoms with Gasteiger partial charge in [-0.1, -0.05) is 24.6 Å². The fourth-order valence-corrected chi connectivity index (χ4v) is 10.1. The Balaban J connectivity index is 1.22. The van der Waals surface area contributed by atoms with Crippen molar-refractivity contribution in [3.8, 4) is 29.0 Å². The van der Waals surface area contributed by atoms with Gasteiger partial charge in [0, 0.05) is 36.5 Å². The number of nitrogen functional groups attached to an aromatic ring is 1. The number of hydrogen-bond acceptors (Lipinski definition) is 13. The minimum atomic E-state index is -1.41. The van der Waals surface area contributed by atoms with Crippen molar-refractivity contribution in [2.24, 2.45) is 5.92 Å². The van der Waals surface area contributed by atoms with E-state index in [1.165, 1.54) is 18.7 Å². The summed E-state index contributed by atoms with van der Waals surface area (Å²) in [5.41, 5.74) is 5.60. The quantitative estimate of drug-likeness (QED) is 0.217. The molecule has 0 saturated carbocycles. The number of amides is 1. The highest BCUT2D eigenvalue weighted by Crippen LogP contribution is 2.52. The number of thiophene rings is 1. The van der Waals surface area contributed by atoms with Crippen LogP contribution < -0.4 is 25.4 Å². The molecule has 274 valence electrons. The maximum absolute atomic E-state index is 17.4. The smallest absolute Gasteiger partial charge is 0.343 e. The number of hydrogen-bond donors (Lipinski definition) is 3. The van der Waals surface area contributed by atoms with Crippen molar-refractivity contribution in [1.82, 2.24) is 34.9 Å². The van der Waals surface area contributed by atoms with E-state index in [1.807, 2.05) is 11.0 Å². The molecule has 4 N–H and O–H groups in total. The fraction of sp³-hybridized carbons (Fsp3) is 0.429. The zero-order chi connectivity index (χ0) is 36.8. The molecule has 14 nitrogen and oxygen atoms in total. The van der Waals surface area contributed by atoms with Gasteiger partial charge >= 0.3 is 12.0 Å². The number of nitriles is 1. The highest BCUT2D eigenvalue weighted by molar-refractivity contribution is 7.23. The van der Waals surface area contributed by atoms with Gasteiger partial charge in [-0.3, -0.25) is 4.90 Å². The number of aromatic nitrogens is 5. The molecule has 0 aliphatic carbocycles. The maximum atomic E-state index is 17.4. The van der Waals surface area contributed by atoms with Crippen molar-refractivity contribution >= 4 is 60.8 Å². The van der Waals surface area contributed by atoms with E-state index in [9.17, 15) is 15.2 Å². The molecule has 4 aliphatic rings. The molecular weight excluding hydrogens is 730 g/mol. The standard InChI is InChI=1S/C35H33ClF2N10O4S/c1-16-9-35(5-2-6-46(35)11-16)13-51-33-44-28-25-29(26(36)24(27(28)38)19-3-4-21(37)30-23(19)20(10-39)31(40)53-30)52-22(49)8-18-7-17(12-47(18)32(25)45-33)43-34(50)48-15-41-14-42-48/h3-4,14-18,22,49H,2,5-9,11-13,40H2,1H3,(H,43,50)/t16-,17?,18-,22?,35+/m1/s1. The van der Waals surface area contributed by atoms with Crippen molar-refractivity contribution < 1.29 is 28.2 Å². The number of benzene rings is 2. The van der Waals surface area contributed by atoms with Crippen molar-refractivity contribution in [2.75, 3.05) is 36.9 Å². The lowest BCUT2D eigenvalue weighted by atomic mass is 9.92. The van der Waals surface area contributed by atoms with E-state index in [-0.39, 0.29) is 83.8 Å². The molecule has 4 aliphatic heterocycles. The van der Waals surface area contributed by atoms with Crippen LogP contribution in [0.1, 0.15) is 44.6 Å². The molecule has 3 aromatic heterocycles. The third-order valence-corrected chi connectivity index (χ3v) is 12.4. The van der Waals surface area contributed by atoms with E-state index in [0.29, 0.717) is 18.9 Å². The van der Waals surface area contributed by atoms with Crippen LogP contribution >= 0.6 is 22.9 Å². The number of rotatable bonds is 5. The number of nitrogens with zero attached hydrogens (tertiary/aromatic N) is 8. The van der Waals surface area contributed by atoms with Crippen LogP contribution in [0.5, 0.6) is 11.8 Å². The van der Waals surface area contributed by atoms with Gasteiger partial charge in [0.2, 0.25) is 0 Å². The molecule has 9 rings (SSSR count). The first-order valence-corrected chi connectivity index (χ1v) is 18.5. The highest BCUT2D eigenvalue weighted by Gasteiger charge is 2.48. The third kappa shape index (κ3) is 5.41. The van der Waals surface area contributed by atoms with Crippen LogP contribution in [-0.2, 0) is 0 Å². The predicted octanol–water partition coefficient (Wildman–Crippen LogP) is 5.05. The Bertz CT molecular complexity index is 2360. The number of nitrogens with one attached hydrogen (secondary N) is 1. The Morgan fingerprint density at radius 3 is 2.92 bits per heavy atom. The molecule has 0 spiro atoms. The summed E-state index contributed by atoms with van der Waals surface area (Å²) in [5, 5.41) is 28.2. The molecule has 2 unspecified atom stereocenters. The first kappa shape index (κ1) is 33.9. The largest absolute Gasteiger partial charge is 0.463 e. The number of carbonyl (C=O) groups excluding carboxylic acids is 1. The summed E-state index contributed by atoms with van der Waals surface area (Å²) in [4.78, 5) is 30.6. The Morgan fingerprint density at radius 1 is 1.28 bits per heavy atom. The van der Waals surface area contributed by atoms with E-state index in [4.69, 9.17) is 31.8 Å². The summed E-state index contributed by atoms with van der Waals surface area (Å²) < 4.78 is 46.2. The van der Waals surface area contributed by atoms with Crippen LogP contribution in [0.3, 0.4) is 0 Å². The normalized spacial score (nSPS) is 25.2. The SMILES string of the molecule is C[C@H]1CN2CCC[C@@]2(COc2nc3c4c(c(Cl)c(-c5ccc(F)c6sc(N)c(C#N)c56)c(F)c4n2)OC(O)C[C@H]2CC(NC(=O)n4cncn4)CN32)C1. The van der Waals surface area contributed by atoms with Gasteiger partial charge in [-0.05, 0) is 49.8 Å². The van der Waals surface area contributed by atoms with Crippen LogP contribution in [0.4, 0.5) is 24.4 Å². The van der Waals surface area contributed by atoms with Crippen LogP contribution in [0.2, 0.25) is 5.02 Å². The van der Waals surface area contributed by atoms with Gasteiger partial charge in [0.15, 0.2) is 17.9 Å². The second-order valence-corrected chi connectivity index (χ2v) is 15.8. The number of halogens is 3. The van der Waals surface area contributed by atoms with Gasteiger partial charge in [-0.25, -0.2) is 18.6 Å². The molecule has 0 bridgehead atoms. The second-order valence-electron chi connectivity index (χ2n) is 14.3. The first-order chi connectivity index (χ1) is 25.5. The molecule has 5 aromatic rings. The van der Waals surface area contributed by atoms with Crippen molar-refractivity contribution in [1.29, 1.82) is 5.26 Å². The van der Waals surface area contributed by atoms with Gasteiger partial charge in [0.1, 0.15) is 47.5 Å². The zero-order valence-electron chi connectivity index (χ0n) is 28.4. The highest BCUT2D eigenvalue weighted by atomic mass is 35.5. The van der Waals surface area contributed by atoms with Gasteiger partial charge in [0.05, 0.1) is 32.3 Å². The minimum absolute atomic E-state index is 0.0175. The lowest BCUT2D eigenvalue weighted by molar-refractivity contribution is -0.0269. The average molecular weight is 763 g/mol. The molecular formula is C35H33ClF2N10O4S. The fourth-order valence-electron chi connectivity index (χ4n) is 8.86. The van der Waals surface area contributed by atoms with Gasteiger partial charge in [0.25, 0.3) is 0 Å². The molecule has 1 amide bonds. The van der Waals surface area contributed by atoms with Crippen LogP contribution in [0.25, 0.3) is 32.1 Å². The van der Waals surface area contributed by atoms with Gasteiger partial charge in [-0.15, -0.1) is 11.3 Å². The second kappa shape index (κ2) is 12.6. The van der Waals surface area contributed by atoms with Crippen molar-refractivity contribution in [2.45, 2.75) is 62.9 Å². The Morgan fingerprint density at radius 2 is 2.13 bits per heavy atom. The molecule has 53 heavy (non-hydrogen) atoms. The topological polar surface area (TPSA) is 181 Å². The van der Waals surface area contributed by atoms with Crippen molar-refractivity contribution in [3.63, 3.8) is 0 Å². The summed E-state index contributed by atoms with van der Waals surface area (Å²) in [7, 11) is 0. The summed E-state index contributed by atoms with van der Waals surface area (Å²) in [6.45, 7) is 4.69. The molecule has 7 heterocycles. The summed E-state index contributed by atoms with van der Waals surface area (Å²) in [6.07, 6.45) is 4.55. The van der Waals surface area contributed by atoms with E-state index in [0.717, 1.165) is 54.4 Å². The van der Waals surface area contributed by atoms with Crippen LogP contribution in [0, 0.1) is 28.9 Å². The summed E-state index contributed by atoms with van der Waals surface area (Å²) in [5.74, 6) is -0.864. The number of nitrogens with two attached hydrogens (primary N) is 1. The maximum Gasteiger partial charge on any atom is 0.343 e. The van der Waals surface area contributed by atoms with Gasteiger partial charge < -0.3 is 30.5 Å². The number of ether oxygens (including phenoxy) is 2. The summed E-state index contributed by atoms with van der Waals surface area (Å²) in [6, 6.07) is 3.12. The molecule has 3 fully saturated rings. The lowest BCUT2D eigenvalue weighted by Gasteiger charge is -2.33. The number of aliphatic hydroxyl groups excluding tert-OH is 1. The first-order valence-electron chi connectivity index (χ1n) is 17.3. The Kier molecular flexibility index (Phi) is 8.07. The van der Waals surface area contributed by atoms with E-state index in [2.05, 4.69) is 32.2 Å². The molecule has 18 heteroatoms. The number of carbonyl (C=O) groups is 1. The monoisotopic (exact) mass is 762 g/mol. The number of aliphatic hydroxyl groups is 1. The minimum Gasteiger partial charge on any atom is -0.463 e. The third-order valence-electron chi connectivity index (χ3n) is 11.0. The van der Waals surface area contributed by atoms with Crippen molar-refractivity contribution in [3.05, 3.63) is 47.0 Å². The molecule has 2 aromatic carbocycles. The Labute approximate surface area is 310 Å². The Hall–Kier alpha value is -4.89. The molecule has 5 atom stereocenters. The predicted molar refractivity (Wildman–Crippen MR) is 192 cm³/mol. The van der Waals surface area contributed by atoms with Crippen LogP contribution in [-0.4, -0.2) is 90.9 Å². The average Bonchev–Trinajstić information content (AvgIpc) is 3.95. The van der Waals surface area contributed by atoms with Crippen LogP contribution in [0.15, 0.2) is 24.8 Å². The van der Waals surface area contributed by atoms with Gasteiger partial charge in [-0.2, -0.15) is 25.0 Å². The number of anilines is 2. The van der Waals surface area contributed by atoms with E-state index in [1.54, 1.807) is 0 Å². The number of fused-ring (bicyclic) bond motifs is 4. The zero-order valence-corrected chi connectivity index (χ0v) is 29.9. The van der Waals surface area contributed by atoms with E-state index < -0.39 is 36.0 Å². The molecule has 3 saturated heterocycles. The van der Waals surface area contributed by atoms with E-state index >= 15 is 8.78 Å². The summed E-state index contributed by atoms with van der Waals surface area (Å²) >= 11 is 7.94.